The lowest BCUT2D eigenvalue weighted by atomic mass is 9.78. The number of hydrogen-bond donors (Lipinski definition) is 1. The number of nitrogens with one attached hydrogen (secondary N) is 1. The van der Waals surface area contributed by atoms with Gasteiger partial charge < -0.3 is 10.1 Å². The molecule has 3 heteroatoms. The van der Waals surface area contributed by atoms with Crippen molar-refractivity contribution in [3.63, 3.8) is 0 Å². The molecule has 0 aromatic heterocycles. The molecule has 1 N–H and O–H groups in total. The molecule has 0 bridgehead atoms. The molecule has 1 aliphatic carbocycles. The second-order valence-electron chi connectivity index (χ2n) is 5.82. The van der Waals surface area contributed by atoms with Gasteiger partial charge in [-0.05, 0) is 37.0 Å². The molecule has 0 aliphatic heterocycles. The van der Waals surface area contributed by atoms with Gasteiger partial charge in [-0.3, -0.25) is 4.79 Å². The first-order valence-corrected chi connectivity index (χ1v) is 7.72. The average Bonchev–Trinajstić information content (AvgIpc) is 3.01. The minimum absolute atomic E-state index is 0.0934. The third-order valence-electron chi connectivity index (χ3n) is 4.46. The molecule has 3 nitrogen and oxygen atoms in total. The number of allylic oxidation sites excluding steroid dienone is 1. The molecule has 2 rings (SSSR count). The summed E-state index contributed by atoms with van der Waals surface area (Å²) in [5.74, 6) is 0.997. The number of methoxy groups -OCH3 is 1. The molecule has 0 spiro atoms. The van der Waals surface area contributed by atoms with E-state index >= 15 is 0 Å². The highest BCUT2D eigenvalue weighted by Crippen LogP contribution is 2.41. The Morgan fingerprint density at radius 1 is 1.33 bits per heavy atom. The van der Waals surface area contributed by atoms with Crippen LogP contribution < -0.4 is 10.1 Å². The quantitative estimate of drug-likeness (QED) is 0.778. The van der Waals surface area contributed by atoms with E-state index in [1.165, 1.54) is 18.4 Å². The molecule has 1 aliphatic rings. The maximum Gasteiger partial charge on any atom is 0.220 e. The van der Waals surface area contributed by atoms with E-state index in [4.69, 9.17) is 4.74 Å². The Hall–Kier alpha value is -1.77. The normalized spacial score (nSPS) is 16.4. The number of benzene rings is 1. The minimum atomic E-state index is 0.0934. The van der Waals surface area contributed by atoms with E-state index in [-0.39, 0.29) is 11.3 Å². The summed E-state index contributed by atoms with van der Waals surface area (Å²) in [6.45, 7) is 4.39. The van der Waals surface area contributed by atoms with Crippen LogP contribution in [0.4, 0.5) is 0 Å². The van der Waals surface area contributed by atoms with Crippen LogP contribution in [0.5, 0.6) is 5.75 Å². The number of carbonyl (C=O) groups is 1. The predicted octanol–water partition coefficient (Wildman–Crippen LogP) is 3.59. The number of rotatable bonds is 7. The van der Waals surface area contributed by atoms with Crippen molar-refractivity contribution in [3.05, 3.63) is 42.5 Å². The minimum Gasteiger partial charge on any atom is -0.497 e. The van der Waals surface area contributed by atoms with Gasteiger partial charge in [0.05, 0.1) is 7.11 Å². The van der Waals surface area contributed by atoms with Gasteiger partial charge in [-0.25, -0.2) is 0 Å². The van der Waals surface area contributed by atoms with Crippen molar-refractivity contribution in [1.29, 1.82) is 0 Å². The van der Waals surface area contributed by atoms with Gasteiger partial charge in [0.25, 0.3) is 0 Å². The molecule has 1 fully saturated rings. The summed E-state index contributed by atoms with van der Waals surface area (Å²) in [4.78, 5) is 11.9. The van der Waals surface area contributed by atoms with E-state index in [1.807, 2.05) is 12.1 Å². The van der Waals surface area contributed by atoms with Gasteiger partial charge in [-0.15, -0.1) is 6.58 Å². The van der Waals surface area contributed by atoms with Gasteiger partial charge in [-0.1, -0.05) is 31.1 Å². The number of ether oxygens (including phenoxy) is 1. The lowest BCUT2D eigenvalue weighted by Gasteiger charge is -2.30. The zero-order valence-electron chi connectivity index (χ0n) is 12.9. The van der Waals surface area contributed by atoms with E-state index in [0.29, 0.717) is 6.42 Å². The van der Waals surface area contributed by atoms with Crippen LogP contribution in [0.1, 0.15) is 44.1 Å². The SMILES string of the molecule is C=CCCC(=O)NCC1(c2ccc(OC)cc2)CCCC1. The molecule has 0 unspecified atom stereocenters. The predicted molar refractivity (Wildman–Crippen MR) is 85.6 cm³/mol. The fraction of sp³-hybridized carbons (Fsp3) is 0.500. The summed E-state index contributed by atoms with van der Waals surface area (Å²) in [6, 6.07) is 8.30. The largest absolute Gasteiger partial charge is 0.497 e. The molecule has 0 atom stereocenters. The van der Waals surface area contributed by atoms with Crippen LogP contribution >= 0.6 is 0 Å². The number of carbonyl (C=O) groups excluding carboxylic acids is 1. The van der Waals surface area contributed by atoms with Crippen LogP contribution in [-0.2, 0) is 10.2 Å². The van der Waals surface area contributed by atoms with E-state index in [2.05, 4.69) is 24.0 Å². The summed E-state index contributed by atoms with van der Waals surface area (Å²) in [6.07, 6.45) is 7.79. The lowest BCUT2D eigenvalue weighted by Crippen LogP contribution is -2.38. The standard InChI is InChI=1S/C18H25NO2/c1-3-4-7-17(20)19-14-18(12-5-6-13-18)15-8-10-16(21-2)11-9-15/h3,8-11H,1,4-7,12-14H2,2H3,(H,19,20). The second kappa shape index (κ2) is 7.30. The zero-order valence-corrected chi connectivity index (χ0v) is 12.9. The monoisotopic (exact) mass is 287 g/mol. The highest BCUT2D eigenvalue weighted by Gasteiger charge is 2.35. The van der Waals surface area contributed by atoms with Gasteiger partial charge in [0.2, 0.25) is 5.91 Å². The van der Waals surface area contributed by atoms with Crippen LogP contribution in [0, 0.1) is 0 Å². The Labute approximate surface area is 127 Å². The maximum atomic E-state index is 11.9. The molecule has 0 saturated heterocycles. The fourth-order valence-electron chi connectivity index (χ4n) is 3.15. The van der Waals surface area contributed by atoms with Crippen molar-refractivity contribution in [3.8, 4) is 5.75 Å². The molecule has 1 amide bonds. The van der Waals surface area contributed by atoms with E-state index in [9.17, 15) is 4.79 Å². The van der Waals surface area contributed by atoms with E-state index in [1.54, 1.807) is 13.2 Å². The van der Waals surface area contributed by atoms with E-state index in [0.717, 1.165) is 31.6 Å². The molecule has 1 saturated carbocycles. The first-order chi connectivity index (χ1) is 10.2. The molecule has 1 aromatic carbocycles. The highest BCUT2D eigenvalue weighted by molar-refractivity contribution is 5.76. The lowest BCUT2D eigenvalue weighted by molar-refractivity contribution is -0.121. The Morgan fingerprint density at radius 3 is 2.57 bits per heavy atom. The number of hydrogen-bond acceptors (Lipinski definition) is 2. The Morgan fingerprint density at radius 2 is 2.00 bits per heavy atom. The molecule has 21 heavy (non-hydrogen) atoms. The van der Waals surface area contributed by atoms with Crippen LogP contribution in [0.2, 0.25) is 0 Å². The Balaban J connectivity index is 2.05. The topological polar surface area (TPSA) is 38.3 Å². The third-order valence-corrected chi connectivity index (χ3v) is 4.46. The van der Waals surface area contributed by atoms with Crippen molar-refractivity contribution in [1.82, 2.24) is 5.32 Å². The van der Waals surface area contributed by atoms with Gasteiger partial charge >= 0.3 is 0 Å². The fourth-order valence-corrected chi connectivity index (χ4v) is 3.15. The van der Waals surface area contributed by atoms with Gasteiger partial charge in [-0.2, -0.15) is 0 Å². The van der Waals surface area contributed by atoms with Crippen LogP contribution in [0.25, 0.3) is 0 Å². The van der Waals surface area contributed by atoms with E-state index < -0.39 is 0 Å². The first-order valence-electron chi connectivity index (χ1n) is 7.72. The number of amides is 1. The Bertz CT molecular complexity index is 472. The molecular formula is C18H25NO2. The molecule has 1 aromatic rings. The third kappa shape index (κ3) is 3.87. The molecule has 0 heterocycles. The van der Waals surface area contributed by atoms with Crippen LogP contribution in [-0.4, -0.2) is 19.6 Å². The second-order valence-corrected chi connectivity index (χ2v) is 5.82. The summed E-state index contributed by atoms with van der Waals surface area (Å²) >= 11 is 0. The highest BCUT2D eigenvalue weighted by atomic mass is 16.5. The molecule has 114 valence electrons. The summed E-state index contributed by atoms with van der Waals surface area (Å²) in [5.41, 5.74) is 1.40. The smallest absolute Gasteiger partial charge is 0.220 e. The summed E-state index contributed by atoms with van der Waals surface area (Å²) in [5, 5.41) is 3.11. The van der Waals surface area contributed by atoms with Crippen molar-refractivity contribution in [2.24, 2.45) is 0 Å². The van der Waals surface area contributed by atoms with Crippen molar-refractivity contribution in [2.45, 2.75) is 43.9 Å². The van der Waals surface area contributed by atoms with Crippen LogP contribution in [0.3, 0.4) is 0 Å². The molecule has 0 radical (unpaired) electrons. The summed E-state index contributed by atoms with van der Waals surface area (Å²) in [7, 11) is 1.68. The molecular weight excluding hydrogens is 262 g/mol. The van der Waals surface area contributed by atoms with Crippen molar-refractivity contribution < 1.29 is 9.53 Å². The average molecular weight is 287 g/mol. The first kappa shape index (κ1) is 15.6. The van der Waals surface area contributed by atoms with Gasteiger partial charge in [0.1, 0.15) is 5.75 Å². The summed E-state index contributed by atoms with van der Waals surface area (Å²) < 4.78 is 5.23. The van der Waals surface area contributed by atoms with Gasteiger partial charge in [0.15, 0.2) is 0 Å². The van der Waals surface area contributed by atoms with Gasteiger partial charge in [0, 0.05) is 18.4 Å². The zero-order chi connectivity index (χ0) is 15.1. The van der Waals surface area contributed by atoms with Crippen molar-refractivity contribution in [2.75, 3.05) is 13.7 Å². The van der Waals surface area contributed by atoms with Crippen LogP contribution in [0.15, 0.2) is 36.9 Å². The van der Waals surface area contributed by atoms with Crippen molar-refractivity contribution >= 4 is 5.91 Å². The maximum absolute atomic E-state index is 11.9. The Kier molecular flexibility index (Phi) is 5.43.